The molecule has 0 aliphatic heterocycles. The summed E-state index contributed by atoms with van der Waals surface area (Å²) in [6.45, 7) is 0. The van der Waals surface area contributed by atoms with Crippen molar-refractivity contribution in [3.63, 3.8) is 0 Å². The fraction of sp³-hybridized carbons (Fsp3) is 0. The number of aromatic nitrogens is 4. The first-order valence-electron chi connectivity index (χ1n) is 7.44. The predicted molar refractivity (Wildman–Crippen MR) is 97.5 cm³/mol. The van der Waals surface area contributed by atoms with Crippen LogP contribution in [0.4, 0.5) is 0 Å². The maximum atomic E-state index is 9.89. The van der Waals surface area contributed by atoms with Gasteiger partial charge >= 0.3 is 0 Å². The highest BCUT2D eigenvalue weighted by Gasteiger charge is 2.13. The summed E-state index contributed by atoms with van der Waals surface area (Å²) < 4.78 is 1.78. The van der Waals surface area contributed by atoms with Gasteiger partial charge in [0.25, 0.3) is 0 Å². The first-order chi connectivity index (χ1) is 12.1. The van der Waals surface area contributed by atoms with Crippen molar-refractivity contribution in [1.29, 1.82) is 0 Å². The molecular formula is C17H13N5O2S. The summed E-state index contributed by atoms with van der Waals surface area (Å²) in [7, 11) is 0. The number of H-pyrrole nitrogens is 2. The van der Waals surface area contributed by atoms with E-state index in [1.807, 2.05) is 30.5 Å². The average molecular weight is 351 g/mol. The number of phenolic OH excluding ortho intramolecular Hbond substituents is 2. The summed E-state index contributed by atoms with van der Waals surface area (Å²) in [5.74, 6) is 0.0878. The average Bonchev–Trinajstić information content (AvgIpc) is 3.20. The van der Waals surface area contributed by atoms with Gasteiger partial charge < -0.3 is 15.2 Å². The number of fused-ring (bicyclic) bond motifs is 1. The van der Waals surface area contributed by atoms with E-state index in [0.717, 1.165) is 16.5 Å². The number of nitrogens with one attached hydrogen (secondary N) is 2. The molecule has 4 aromatic rings. The first kappa shape index (κ1) is 15.2. The predicted octanol–water partition coefficient (Wildman–Crippen LogP) is 3.38. The van der Waals surface area contributed by atoms with Crippen LogP contribution in [0.2, 0.25) is 0 Å². The highest BCUT2D eigenvalue weighted by atomic mass is 32.1. The van der Waals surface area contributed by atoms with Crippen molar-refractivity contribution < 1.29 is 10.2 Å². The summed E-state index contributed by atoms with van der Waals surface area (Å²) in [5.41, 5.74) is 2.20. The summed E-state index contributed by atoms with van der Waals surface area (Å²) in [5, 5.41) is 31.8. The van der Waals surface area contributed by atoms with Crippen LogP contribution in [0.25, 0.3) is 22.3 Å². The smallest absolute Gasteiger partial charge is 0.216 e. The van der Waals surface area contributed by atoms with Crippen LogP contribution in [-0.4, -0.2) is 36.3 Å². The molecule has 8 heteroatoms. The van der Waals surface area contributed by atoms with E-state index < -0.39 is 0 Å². The number of hydrogen-bond donors (Lipinski definition) is 4. The van der Waals surface area contributed by atoms with E-state index in [-0.39, 0.29) is 11.5 Å². The highest BCUT2D eigenvalue weighted by Crippen LogP contribution is 2.28. The van der Waals surface area contributed by atoms with E-state index in [0.29, 0.717) is 16.2 Å². The van der Waals surface area contributed by atoms with Gasteiger partial charge in [-0.2, -0.15) is 14.9 Å². The summed E-state index contributed by atoms with van der Waals surface area (Å²) >= 11 is 5.25. The van der Waals surface area contributed by atoms with Crippen LogP contribution in [-0.2, 0) is 0 Å². The Morgan fingerprint density at radius 3 is 2.84 bits per heavy atom. The van der Waals surface area contributed by atoms with Crippen molar-refractivity contribution in [1.82, 2.24) is 19.9 Å². The van der Waals surface area contributed by atoms with E-state index in [1.165, 1.54) is 17.0 Å². The molecule has 124 valence electrons. The standard InChI is InChI=1S/C17H13N5O2S/c23-14-7-3-4-10(15(14)24)8-19-22-16(20-21-17(22)25)12-9-18-13-6-2-1-5-11(12)13/h1-9,18,23-24H,(H,21,25)/b19-8+. The lowest BCUT2D eigenvalue weighted by atomic mass is 10.2. The number of hydrogen-bond acceptors (Lipinski definition) is 5. The molecule has 4 N–H and O–H groups in total. The third kappa shape index (κ3) is 2.58. The molecule has 0 radical (unpaired) electrons. The second kappa shape index (κ2) is 5.91. The third-order valence-corrected chi connectivity index (χ3v) is 4.10. The second-order valence-corrected chi connectivity index (χ2v) is 5.76. The Morgan fingerprint density at radius 1 is 1.12 bits per heavy atom. The first-order valence-corrected chi connectivity index (χ1v) is 7.85. The Balaban J connectivity index is 1.82. The molecule has 2 heterocycles. The van der Waals surface area contributed by atoms with Crippen molar-refractivity contribution >= 4 is 29.3 Å². The maximum absolute atomic E-state index is 9.89. The van der Waals surface area contributed by atoms with Gasteiger partial charge in [-0.15, -0.1) is 0 Å². The number of phenols is 2. The lowest BCUT2D eigenvalue weighted by molar-refractivity contribution is 0.403. The molecule has 25 heavy (non-hydrogen) atoms. The van der Waals surface area contributed by atoms with E-state index in [1.54, 1.807) is 12.1 Å². The molecule has 0 saturated carbocycles. The van der Waals surface area contributed by atoms with Crippen molar-refractivity contribution in [3.05, 3.63) is 59.0 Å². The number of benzene rings is 2. The number of para-hydroxylation sites is 2. The Morgan fingerprint density at radius 2 is 1.96 bits per heavy atom. The van der Waals surface area contributed by atoms with Gasteiger partial charge in [0.15, 0.2) is 17.3 Å². The van der Waals surface area contributed by atoms with Gasteiger partial charge in [0.1, 0.15) is 0 Å². The number of aromatic hydroxyl groups is 2. The molecule has 0 atom stereocenters. The second-order valence-electron chi connectivity index (χ2n) is 5.37. The molecule has 0 aliphatic carbocycles. The number of rotatable bonds is 3. The molecule has 0 unspecified atom stereocenters. The van der Waals surface area contributed by atoms with E-state index in [4.69, 9.17) is 12.2 Å². The van der Waals surface area contributed by atoms with Gasteiger partial charge in [0.05, 0.1) is 6.21 Å². The fourth-order valence-electron chi connectivity index (χ4n) is 2.60. The minimum atomic E-state index is -0.241. The van der Waals surface area contributed by atoms with E-state index in [9.17, 15) is 10.2 Å². The molecule has 2 aromatic carbocycles. The molecule has 0 spiro atoms. The van der Waals surface area contributed by atoms with Crippen LogP contribution in [0, 0.1) is 4.77 Å². The van der Waals surface area contributed by atoms with Gasteiger partial charge in [-0.25, -0.2) is 5.10 Å². The number of nitrogens with zero attached hydrogens (tertiary/aromatic N) is 3. The van der Waals surface area contributed by atoms with Crippen LogP contribution in [0.1, 0.15) is 5.56 Å². The molecule has 0 fully saturated rings. The fourth-order valence-corrected chi connectivity index (χ4v) is 2.78. The minimum Gasteiger partial charge on any atom is -0.504 e. The molecule has 0 aliphatic rings. The molecule has 7 nitrogen and oxygen atoms in total. The van der Waals surface area contributed by atoms with Crippen molar-refractivity contribution in [2.75, 3.05) is 0 Å². The zero-order valence-electron chi connectivity index (χ0n) is 12.8. The molecule has 4 rings (SSSR count). The quantitative estimate of drug-likeness (QED) is 0.258. The van der Waals surface area contributed by atoms with Gasteiger partial charge in [-0.1, -0.05) is 24.3 Å². The molecular weight excluding hydrogens is 338 g/mol. The van der Waals surface area contributed by atoms with Crippen LogP contribution in [0.15, 0.2) is 53.8 Å². The van der Waals surface area contributed by atoms with Crippen LogP contribution in [0.5, 0.6) is 11.5 Å². The zero-order valence-corrected chi connectivity index (χ0v) is 13.7. The zero-order chi connectivity index (χ0) is 17.4. The number of aromatic amines is 2. The highest BCUT2D eigenvalue weighted by molar-refractivity contribution is 7.71. The van der Waals surface area contributed by atoms with Gasteiger partial charge in [0.2, 0.25) is 4.77 Å². The minimum absolute atomic E-state index is 0.211. The van der Waals surface area contributed by atoms with Gasteiger partial charge in [-0.3, -0.25) is 0 Å². The van der Waals surface area contributed by atoms with Crippen molar-refractivity contribution in [2.24, 2.45) is 5.10 Å². The largest absolute Gasteiger partial charge is 0.504 e. The molecule has 2 aromatic heterocycles. The van der Waals surface area contributed by atoms with Gasteiger partial charge in [-0.05, 0) is 30.4 Å². The SMILES string of the molecule is Oc1cccc(/C=N/n2c(-c3c[nH]c4ccccc34)n[nH]c2=S)c1O. The molecule has 0 bridgehead atoms. The Kier molecular flexibility index (Phi) is 3.58. The Hall–Kier alpha value is -3.39. The van der Waals surface area contributed by atoms with Crippen LogP contribution >= 0.6 is 12.2 Å². The molecule has 0 amide bonds. The maximum Gasteiger partial charge on any atom is 0.216 e. The van der Waals surface area contributed by atoms with Gasteiger partial charge in [0, 0.05) is 28.2 Å². The van der Waals surface area contributed by atoms with Crippen LogP contribution in [0.3, 0.4) is 0 Å². The van der Waals surface area contributed by atoms with Crippen molar-refractivity contribution in [2.45, 2.75) is 0 Å². The van der Waals surface area contributed by atoms with Crippen molar-refractivity contribution in [3.8, 4) is 22.9 Å². The Labute approximate surface area is 146 Å². The summed E-state index contributed by atoms with van der Waals surface area (Å²) in [6, 6.07) is 12.5. The lowest BCUT2D eigenvalue weighted by Crippen LogP contribution is -1.95. The summed E-state index contributed by atoms with van der Waals surface area (Å²) in [4.78, 5) is 3.19. The summed E-state index contributed by atoms with van der Waals surface area (Å²) in [6.07, 6.45) is 3.26. The third-order valence-electron chi connectivity index (χ3n) is 3.84. The van der Waals surface area contributed by atoms with E-state index >= 15 is 0 Å². The normalized spacial score (nSPS) is 11.5. The lowest BCUT2D eigenvalue weighted by Gasteiger charge is -2.02. The Bertz CT molecular complexity index is 1160. The monoisotopic (exact) mass is 351 g/mol. The van der Waals surface area contributed by atoms with E-state index in [2.05, 4.69) is 20.3 Å². The molecule has 0 saturated heterocycles. The van der Waals surface area contributed by atoms with Crippen LogP contribution < -0.4 is 0 Å². The topological polar surface area (TPSA) is 102 Å².